The lowest BCUT2D eigenvalue weighted by Gasteiger charge is -2.27. The van der Waals surface area contributed by atoms with Gasteiger partial charge in [-0.3, -0.25) is 9.59 Å². The van der Waals surface area contributed by atoms with Gasteiger partial charge in [0.15, 0.2) is 11.5 Å². The summed E-state index contributed by atoms with van der Waals surface area (Å²) in [4.78, 5) is 28.7. The fourth-order valence-corrected chi connectivity index (χ4v) is 4.72. The number of anilines is 1. The second-order valence-corrected chi connectivity index (χ2v) is 8.21. The first-order chi connectivity index (χ1) is 14.7. The normalized spacial score (nSPS) is 15.6. The third-order valence-electron chi connectivity index (χ3n) is 5.30. The molecule has 2 aromatic carbocycles. The van der Waals surface area contributed by atoms with Gasteiger partial charge in [-0.2, -0.15) is 0 Å². The smallest absolute Gasteiger partial charge is 0.255 e. The molecule has 152 valence electrons. The monoisotopic (exact) mass is 420 g/mol. The standard InChI is InChI=1S/C23H20N2O4S/c26-22(24-16-7-8-19-20(12-16)29-10-9-28-19)13-18(21-6-3-11-30-21)25-14-15-4-1-2-5-17(15)23(25)27/h1-8,11-12,18H,9-10,13-14H2,(H,24,26)/t18-/m0/s1. The predicted molar refractivity (Wildman–Crippen MR) is 114 cm³/mol. The van der Waals surface area contributed by atoms with Gasteiger partial charge in [0.1, 0.15) is 13.2 Å². The van der Waals surface area contributed by atoms with E-state index >= 15 is 0 Å². The van der Waals surface area contributed by atoms with Crippen LogP contribution in [0.15, 0.2) is 60.0 Å². The van der Waals surface area contributed by atoms with Crippen molar-refractivity contribution in [2.24, 2.45) is 0 Å². The highest BCUT2D eigenvalue weighted by atomic mass is 32.1. The van der Waals surface area contributed by atoms with Gasteiger partial charge in [-0.05, 0) is 35.2 Å². The van der Waals surface area contributed by atoms with Crippen LogP contribution in [0.5, 0.6) is 11.5 Å². The van der Waals surface area contributed by atoms with Gasteiger partial charge < -0.3 is 19.7 Å². The van der Waals surface area contributed by atoms with Crippen molar-refractivity contribution < 1.29 is 19.1 Å². The molecule has 7 heteroatoms. The van der Waals surface area contributed by atoms with Crippen molar-refractivity contribution in [3.63, 3.8) is 0 Å². The molecule has 1 atom stereocenters. The van der Waals surface area contributed by atoms with Crippen LogP contribution in [0.1, 0.15) is 33.3 Å². The van der Waals surface area contributed by atoms with E-state index in [1.165, 1.54) is 0 Å². The van der Waals surface area contributed by atoms with Gasteiger partial charge in [0.05, 0.1) is 12.5 Å². The zero-order valence-electron chi connectivity index (χ0n) is 16.2. The van der Waals surface area contributed by atoms with E-state index < -0.39 is 0 Å². The molecule has 2 amide bonds. The van der Waals surface area contributed by atoms with E-state index in [-0.39, 0.29) is 24.3 Å². The van der Waals surface area contributed by atoms with E-state index in [2.05, 4.69) is 5.32 Å². The molecule has 0 unspecified atom stereocenters. The average Bonchev–Trinajstić information content (AvgIpc) is 3.41. The Morgan fingerprint density at radius 3 is 2.70 bits per heavy atom. The van der Waals surface area contributed by atoms with Gasteiger partial charge in [-0.15, -0.1) is 11.3 Å². The number of nitrogens with zero attached hydrogens (tertiary/aromatic N) is 1. The van der Waals surface area contributed by atoms with E-state index in [0.717, 1.165) is 10.4 Å². The third-order valence-corrected chi connectivity index (χ3v) is 6.28. The Morgan fingerprint density at radius 2 is 1.90 bits per heavy atom. The van der Waals surface area contributed by atoms with Crippen LogP contribution in [-0.4, -0.2) is 29.9 Å². The molecule has 30 heavy (non-hydrogen) atoms. The minimum Gasteiger partial charge on any atom is -0.486 e. The first kappa shape index (κ1) is 18.7. The number of fused-ring (bicyclic) bond motifs is 2. The number of nitrogens with one attached hydrogen (secondary N) is 1. The second-order valence-electron chi connectivity index (χ2n) is 7.23. The quantitative estimate of drug-likeness (QED) is 0.670. The molecule has 0 radical (unpaired) electrons. The van der Waals surface area contributed by atoms with Crippen LogP contribution < -0.4 is 14.8 Å². The molecule has 3 heterocycles. The largest absolute Gasteiger partial charge is 0.486 e. The van der Waals surface area contributed by atoms with Crippen molar-refractivity contribution in [1.82, 2.24) is 4.90 Å². The Labute approximate surface area is 178 Å². The average molecular weight is 420 g/mol. The second kappa shape index (κ2) is 7.84. The van der Waals surface area contributed by atoms with Gasteiger partial charge in [0.25, 0.3) is 5.91 Å². The fraction of sp³-hybridized carbons (Fsp3) is 0.217. The number of benzene rings is 2. The maximum atomic E-state index is 13.0. The molecule has 5 rings (SSSR count). The van der Waals surface area contributed by atoms with E-state index in [1.807, 2.05) is 41.8 Å². The SMILES string of the molecule is O=C(C[C@@H](c1cccs1)N1Cc2ccccc2C1=O)Nc1ccc2c(c1)OCCO2. The van der Waals surface area contributed by atoms with Crippen LogP contribution in [0, 0.1) is 0 Å². The van der Waals surface area contributed by atoms with Crippen LogP contribution in [0.2, 0.25) is 0 Å². The summed E-state index contributed by atoms with van der Waals surface area (Å²) in [5.74, 6) is 1.11. The molecule has 1 aromatic heterocycles. The number of hydrogen-bond donors (Lipinski definition) is 1. The van der Waals surface area contributed by atoms with E-state index in [9.17, 15) is 9.59 Å². The lowest BCUT2D eigenvalue weighted by Crippen LogP contribution is -2.31. The van der Waals surface area contributed by atoms with E-state index in [0.29, 0.717) is 42.5 Å². The first-order valence-corrected chi connectivity index (χ1v) is 10.7. The molecule has 0 aliphatic carbocycles. The van der Waals surface area contributed by atoms with Gasteiger partial charge >= 0.3 is 0 Å². The van der Waals surface area contributed by atoms with Crippen LogP contribution in [0.25, 0.3) is 0 Å². The summed E-state index contributed by atoms with van der Waals surface area (Å²) in [6.45, 7) is 1.52. The Bertz CT molecular complexity index is 1100. The summed E-state index contributed by atoms with van der Waals surface area (Å²) in [7, 11) is 0. The Balaban J connectivity index is 1.35. The van der Waals surface area contributed by atoms with Crippen molar-refractivity contribution in [1.29, 1.82) is 0 Å². The van der Waals surface area contributed by atoms with Gasteiger partial charge in [-0.25, -0.2) is 0 Å². The highest BCUT2D eigenvalue weighted by Crippen LogP contribution is 2.36. The molecule has 0 fully saturated rings. The van der Waals surface area contributed by atoms with Gasteiger partial charge in [0.2, 0.25) is 5.91 Å². The molecule has 0 saturated heterocycles. The predicted octanol–water partition coefficient (Wildman–Crippen LogP) is 4.25. The van der Waals surface area contributed by atoms with Crippen molar-refractivity contribution in [3.05, 3.63) is 76.0 Å². The topological polar surface area (TPSA) is 67.9 Å². The lowest BCUT2D eigenvalue weighted by molar-refractivity contribution is -0.117. The molecule has 2 aliphatic rings. The van der Waals surface area contributed by atoms with E-state index in [1.54, 1.807) is 34.4 Å². The van der Waals surface area contributed by atoms with Gasteiger partial charge in [0, 0.05) is 28.7 Å². The zero-order chi connectivity index (χ0) is 20.5. The van der Waals surface area contributed by atoms with Crippen molar-refractivity contribution in [3.8, 4) is 11.5 Å². The number of thiophene rings is 1. The molecule has 0 spiro atoms. The fourth-order valence-electron chi connectivity index (χ4n) is 3.88. The molecular formula is C23H20N2O4S. The highest BCUT2D eigenvalue weighted by molar-refractivity contribution is 7.10. The molecule has 3 aromatic rings. The number of hydrogen-bond acceptors (Lipinski definition) is 5. The number of amides is 2. The molecular weight excluding hydrogens is 400 g/mol. The van der Waals surface area contributed by atoms with Crippen LogP contribution in [-0.2, 0) is 11.3 Å². The van der Waals surface area contributed by atoms with Crippen LogP contribution >= 0.6 is 11.3 Å². The lowest BCUT2D eigenvalue weighted by atomic mass is 10.1. The molecule has 2 aliphatic heterocycles. The maximum Gasteiger partial charge on any atom is 0.255 e. The molecule has 0 saturated carbocycles. The Hall–Kier alpha value is -3.32. The van der Waals surface area contributed by atoms with Crippen LogP contribution in [0.3, 0.4) is 0 Å². The Morgan fingerprint density at radius 1 is 1.07 bits per heavy atom. The molecule has 1 N–H and O–H groups in total. The summed E-state index contributed by atoms with van der Waals surface area (Å²) in [6.07, 6.45) is 0.175. The highest BCUT2D eigenvalue weighted by Gasteiger charge is 2.34. The van der Waals surface area contributed by atoms with Crippen molar-refractivity contribution >= 4 is 28.8 Å². The summed E-state index contributed by atoms with van der Waals surface area (Å²) in [5.41, 5.74) is 2.35. The van der Waals surface area contributed by atoms with Gasteiger partial charge in [-0.1, -0.05) is 24.3 Å². The molecule has 0 bridgehead atoms. The van der Waals surface area contributed by atoms with Crippen LogP contribution in [0.4, 0.5) is 5.69 Å². The van der Waals surface area contributed by atoms with E-state index in [4.69, 9.17) is 9.47 Å². The Kier molecular flexibility index (Phi) is 4.88. The minimum absolute atomic E-state index is 0.0314. The third kappa shape index (κ3) is 3.52. The number of carbonyl (C=O) groups is 2. The summed E-state index contributed by atoms with van der Waals surface area (Å²) >= 11 is 1.56. The minimum atomic E-state index is -0.317. The maximum absolute atomic E-state index is 13.0. The zero-order valence-corrected chi connectivity index (χ0v) is 17.0. The van der Waals surface area contributed by atoms with Crippen molar-refractivity contribution in [2.75, 3.05) is 18.5 Å². The summed E-state index contributed by atoms with van der Waals surface area (Å²) in [5, 5.41) is 4.90. The first-order valence-electron chi connectivity index (χ1n) is 9.81. The number of carbonyl (C=O) groups excluding carboxylic acids is 2. The summed E-state index contributed by atoms with van der Waals surface area (Å²) < 4.78 is 11.1. The summed E-state index contributed by atoms with van der Waals surface area (Å²) in [6, 6.07) is 16.6. The number of rotatable bonds is 5. The molecule has 6 nitrogen and oxygen atoms in total. The number of ether oxygens (including phenoxy) is 2. The van der Waals surface area contributed by atoms with Crippen molar-refractivity contribution in [2.45, 2.75) is 19.0 Å².